The third kappa shape index (κ3) is 4.90. The molecular weight excluding hydrogens is 707 g/mol. The minimum absolute atomic E-state index is 0.642. The standard InChI is InChI=1S/C55H35NO2/c1-33-36(30-31-48(56-54(33)34-14-3-2-4-15-34)44-23-13-26-50-53(44)45-20-9-10-25-49(45)57-50)43-22-11-24-46-52-37(21-12-27-51(52)58-55(43)46)35-28-29-42-40-18-6-5-16-38(40)39-17-7-8-19-41(39)47(42)32-35/h2-30,32H,31H2,1H3. The van der Waals surface area contributed by atoms with Crippen molar-refractivity contribution in [2.75, 3.05) is 0 Å². The Labute approximate surface area is 334 Å². The molecule has 0 atom stereocenters. The predicted molar refractivity (Wildman–Crippen MR) is 244 cm³/mol. The van der Waals surface area contributed by atoms with Gasteiger partial charge in [-0.15, -0.1) is 0 Å². The van der Waals surface area contributed by atoms with Crippen molar-refractivity contribution in [2.45, 2.75) is 13.3 Å². The molecule has 0 saturated carbocycles. The van der Waals surface area contributed by atoms with Gasteiger partial charge in [0.2, 0.25) is 0 Å². The fourth-order valence-corrected chi connectivity index (χ4v) is 9.49. The fourth-order valence-electron chi connectivity index (χ4n) is 9.49. The lowest BCUT2D eigenvalue weighted by atomic mass is 9.90. The molecule has 12 rings (SSSR count). The first-order chi connectivity index (χ1) is 28.7. The largest absolute Gasteiger partial charge is 0.456 e. The maximum atomic E-state index is 6.94. The first-order valence-corrected chi connectivity index (χ1v) is 19.9. The first kappa shape index (κ1) is 32.7. The zero-order valence-electron chi connectivity index (χ0n) is 31.8. The maximum Gasteiger partial charge on any atom is 0.143 e. The Morgan fingerprint density at radius 3 is 1.72 bits per heavy atom. The molecule has 3 heteroatoms. The summed E-state index contributed by atoms with van der Waals surface area (Å²) in [6, 6.07) is 62.6. The molecule has 3 heterocycles. The van der Waals surface area contributed by atoms with Gasteiger partial charge in [-0.1, -0.05) is 158 Å². The molecular formula is C55H35NO2. The summed E-state index contributed by atoms with van der Waals surface area (Å²) < 4.78 is 13.3. The van der Waals surface area contributed by atoms with E-state index in [1.54, 1.807) is 0 Å². The van der Waals surface area contributed by atoms with Crippen LogP contribution < -0.4 is 0 Å². The van der Waals surface area contributed by atoms with Gasteiger partial charge >= 0.3 is 0 Å². The van der Waals surface area contributed by atoms with Crippen LogP contribution in [0, 0.1) is 0 Å². The highest BCUT2D eigenvalue weighted by molar-refractivity contribution is 6.26. The number of aliphatic imine (C=N–C) groups is 1. The summed E-state index contributed by atoms with van der Waals surface area (Å²) in [7, 11) is 0. The number of para-hydroxylation sites is 2. The zero-order valence-corrected chi connectivity index (χ0v) is 31.8. The van der Waals surface area contributed by atoms with Gasteiger partial charge in [0.25, 0.3) is 0 Å². The molecule has 272 valence electrons. The summed E-state index contributed by atoms with van der Waals surface area (Å²) in [6.07, 6.45) is 2.98. The molecule has 0 spiro atoms. The molecule has 0 unspecified atom stereocenters. The van der Waals surface area contributed by atoms with Gasteiger partial charge in [-0.2, -0.15) is 0 Å². The van der Waals surface area contributed by atoms with Crippen molar-refractivity contribution in [2.24, 2.45) is 4.99 Å². The van der Waals surface area contributed by atoms with E-state index in [2.05, 4.69) is 177 Å². The predicted octanol–water partition coefficient (Wildman–Crippen LogP) is 15.3. The number of allylic oxidation sites excluding steroid dienone is 3. The monoisotopic (exact) mass is 741 g/mol. The van der Waals surface area contributed by atoms with Gasteiger partial charge in [-0.05, 0) is 85.8 Å². The minimum atomic E-state index is 0.642. The smallest absolute Gasteiger partial charge is 0.143 e. The normalized spacial score (nSPS) is 13.7. The van der Waals surface area contributed by atoms with Crippen LogP contribution in [0.15, 0.2) is 201 Å². The molecule has 1 aliphatic rings. The van der Waals surface area contributed by atoms with Crippen LogP contribution in [0.4, 0.5) is 0 Å². The zero-order chi connectivity index (χ0) is 38.3. The van der Waals surface area contributed by atoms with Gasteiger partial charge in [0.15, 0.2) is 0 Å². The topological polar surface area (TPSA) is 38.6 Å². The molecule has 9 aromatic carbocycles. The second-order valence-corrected chi connectivity index (χ2v) is 15.3. The van der Waals surface area contributed by atoms with Gasteiger partial charge in [-0.25, -0.2) is 0 Å². The van der Waals surface area contributed by atoms with E-state index < -0.39 is 0 Å². The summed E-state index contributed by atoms with van der Waals surface area (Å²) >= 11 is 0. The van der Waals surface area contributed by atoms with E-state index in [1.165, 1.54) is 37.9 Å². The third-order valence-electron chi connectivity index (χ3n) is 12.1. The Morgan fingerprint density at radius 2 is 0.966 bits per heavy atom. The average molecular weight is 742 g/mol. The Balaban J connectivity index is 1.05. The summed E-state index contributed by atoms with van der Waals surface area (Å²) in [5.74, 6) is 0. The summed E-state index contributed by atoms with van der Waals surface area (Å²) in [4.78, 5) is 5.52. The number of rotatable bonds is 4. The van der Waals surface area contributed by atoms with Crippen LogP contribution in [0.2, 0.25) is 0 Å². The number of furan rings is 2. The Kier molecular flexibility index (Phi) is 7.21. The quantitative estimate of drug-likeness (QED) is 0.169. The highest BCUT2D eigenvalue weighted by Crippen LogP contribution is 2.44. The molecule has 58 heavy (non-hydrogen) atoms. The van der Waals surface area contributed by atoms with Crippen LogP contribution in [0.5, 0.6) is 0 Å². The second-order valence-electron chi connectivity index (χ2n) is 15.3. The average Bonchev–Trinajstić information content (AvgIpc) is 3.82. The third-order valence-corrected chi connectivity index (χ3v) is 12.1. The van der Waals surface area contributed by atoms with Gasteiger partial charge in [0.05, 0.1) is 11.4 Å². The molecule has 2 aromatic heterocycles. The molecule has 1 aliphatic heterocycles. The van der Waals surface area contributed by atoms with Crippen LogP contribution in [0.3, 0.4) is 0 Å². The summed E-state index contributed by atoms with van der Waals surface area (Å²) in [6.45, 7) is 2.20. The van der Waals surface area contributed by atoms with Crippen molar-refractivity contribution in [3.63, 3.8) is 0 Å². The van der Waals surface area contributed by atoms with Crippen molar-refractivity contribution >= 4 is 93.2 Å². The van der Waals surface area contributed by atoms with Crippen LogP contribution in [0.25, 0.3) is 98.6 Å². The van der Waals surface area contributed by atoms with E-state index in [9.17, 15) is 0 Å². The lowest BCUT2D eigenvalue weighted by molar-refractivity contribution is 0.667. The lowest BCUT2D eigenvalue weighted by Gasteiger charge is -2.13. The molecule has 0 radical (unpaired) electrons. The van der Waals surface area contributed by atoms with E-state index in [0.717, 1.165) is 88.7 Å². The highest BCUT2D eigenvalue weighted by Gasteiger charge is 2.23. The van der Waals surface area contributed by atoms with E-state index in [1.807, 2.05) is 12.1 Å². The lowest BCUT2D eigenvalue weighted by Crippen LogP contribution is -2.00. The van der Waals surface area contributed by atoms with Crippen LogP contribution >= 0.6 is 0 Å². The van der Waals surface area contributed by atoms with E-state index in [0.29, 0.717) is 6.42 Å². The van der Waals surface area contributed by atoms with Gasteiger partial charge < -0.3 is 8.83 Å². The van der Waals surface area contributed by atoms with Crippen LogP contribution in [0.1, 0.15) is 30.0 Å². The Bertz CT molecular complexity index is 3560. The number of fused-ring (bicyclic) bond motifs is 12. The van der Waals surface area contributed by atoms with Crippen molar-refractivity contribution in [1.82, 2.24) is 0 Å². The summed E-state index contributed by atoms with van der Waals surface area (Å²) in [5, 5.41) is 12.0. The summed E-state index contributed by atoms with van der Waals surface area (Å²) in [5.41, 5.74) is 13.2. The van der Waals surface area contributed by atoms with Gasteiger partial charge in [0, 0.05) is 44.7 Å². The fraction of sp³-hybridized carbons (Fsp3) is 0.0364. The van der Waals surface area contributed by atoms with Crippen molar-refractivity contribution in [1.29, 1.82) is 0 Å². The van der Waals surface area contributed by atoms with Crippen LogP contribution in [-0.4, -0.2) is 5.71 Å². The van der Waals surface area contributed by atoms with Gasteiger partial charge in [-0.3, -0.25) is 4.99 Å². The molecule has 3 nitrogen and oxygen atoms in total. The van der Waals surface area contributed by atoms with E-state index in [-0.39, 0.29) is 0 Å². The van der Waals surface area contributed by atoms with Gasteiger partial charge in [0.1, 0.15) is 22.3 Å². The number of hydrogen-bond donors (Lipinski definition) is 0. The molecule has 0 aliphatic carbocycles. The number of nitrogens with zero attached hydrogens (tertiary/aromatic N) is 1. The van der Waals surface area contributed by atoms with Crippen LogP contribution in [-0.2, 0) is 0 Å². The minimum Gasteiger partial charge on any atom is -0.456 e. The molecule has 0 fully saturated rings. The maximum absolute atomic E-state index is 6.94. The molecule has 11 aromatic rings. The molecule has 0 saturated heterocycles. The highest BCUT2D eigenvalue weighted by atomic mass is 16.3. The first-order valence-electron chi connectivity index (χ1n) is 19.9. The van der Waals surface area contributed by atoms with E-state index in [4.69, 9.17) is 13.8 Å². The number of hydrogen-bond acceptors (Lipinski definition) is 3. The SMILES string of the molecule is CC1=C(c2ccccc2)N=C(c2cccc3oc4ccccc4c23)CC=C1c1cccc2c1oc1cccc(-c3ccc4c5ccccc5c5ccccc5c4c3)c12. The Hall–Kier alpha value is -7.49. The number of benzene rings is 9. The molecule has 0 amide bonds. The van der Waals surface area contributed by atoms with Crippen molar-refractivity contribution in [3.8, 4) is 11.1 Å². The molecule has 0 N–H and O–H groups in total. The molecule has 0 bridgehead atoms. The van der Waals surface area contributed by atoms with E-state index >= 15 is 0 Å². The van der Waals surface area contributed by atoms with Crippen molar-refractivity contribution in [3.05, 3.63) is 204 Å². The van der Waals surface area contributed by atoms with Crippen molar-refractivity contribution < 1.29 is 8.83 Å². The second kappa shape index (κ2) is 12.8. The Morgan fingerprint density at radius 1 is 0.414 bits per heavy atom.